The molecule has 3 rings (SSSR count). The van der Waals surface area contributed by atoms with E-state index < -0.39 is 10.0 Å². The fourth-order valence-corrected chi connectivity index (χ4v) is 4.20. The van der Waals surface area contributed by atoms with Crippen LogP contribution in [0.5, 0.6) is 0 Å². The molecule has 0 bridgehead atoms. The van der Waals surface area contributed by atoms with E-state index in [2.05, 4.69) is 40.8 Å². The first-order valence-corrected chi connectivity index (χ1v) is 10.5. The second-order valence-corrected chi connectivity index (χ2v) is 8.27. The number of hydrogen-bond donors (Lipinski definition) is 1. The molecular weight excluding hydrogens is 332 g/mol. The van der Waals surface area contributed by atoms with E-state index in [4.69, 9.17) is 0 Å². The molecule has 2 aromatic carbocycles. The molecular formula is C20H26N2O2S. The van der Waals surface area contributed by atoms with Gasteiger partial charge in [0.2, 0.25) is 10.0 Å². The van der Waals surface area contributed by atoms with Crippen molar-refractivity contribution in [3.8, 4) is 0 Å². The molecule has 0 atom stereocenters. The van der Waals surface area contributed by atoms with Crippen molar-refractivity contribution in [2.45, 2.75) is 37.5 Å². The molecule has 134 valence electrons. The topological polar surface area (TPSA) is 49.4 Å². The predicted octanol–water partition coefficient (Wildman–Crippen LogP) is 3.37. The van der Waals surface area contributed by atoms with E-state index in [9.17, 15) is 8.42 Å². The number of nitrogens with one attached hydrogen (secondary N) is 1. The average molecular weight is 359 g/mol. The van der Waals surface area contributed by atoms with Crippen LogP contribution in [0.4, 0.5) is 5.69 Å². The zero-order chi connectivity index (χ0) is 17.7. The summed E-state index contributed by atoms with van der Waals surface area (Å²) in [4.78, 5) is 2.72. The maximum Gasteiger partial charge on any atom is 0.240 e. The van der Waals surface area contributed by atoms with Gasteiger partial charge >= 0.3 is 0 Å². The maximum absolute atomic E-state index is 12.3. The standard InChI is InChI=1S/C20H26N2O2S/c1-2-17-7-11-20(12-8-17)25(23,24)21-14-13-18-5-9-19(10-6-18)22-15-3-4-16-22/h5-12,21H,2-4,13-16H2,1H3. The molecule has 1 heterocycles. The maximum atomic E-state index is 12.3. The number of aryl methyl sites for hydroxylation is 1. The first-order chi connectivity index (χ1) is 12.1. The average Bonchev–Trinajstić information content (AvgIpc) is 3.17. The van der Waals surface area contributed by atoms with Gasteiger partial charge in [-0.25, -0.2) is 13.1 Å². The van der Waals surface area contributed by atoms with E-state index in [1.807, 2.05) is 12.1 Å². The third kappa shape index (κ3) is 4.61. The third-order valence-electron chi connectivity index (χ3n) is 4.76. The predicted molar refractivity (Wildman–Crippen MR) is 103 cm³/mol. The van der Waals surface area contributed by atoms with Crippen LogP contribution in [-0.2, 0) is 22.9 Å². The molecule has 1 aliphatic rings. The van der Waals surface area contributed by atoms with Gasteiger partial charge in [-0.15, -0.1) is 0 Å². The molecule has 0 amide bonds. The van der Waals surface area contributed by atoms with Gasteiger partial charge < -0.3 is 4.90 Å². The van der Waals surface area contributed by atoms with Crippen LogP contribution < -0.4 is 9.62 Å². The number of nitrogens with zero attached hydrogens (tertiary/aromatic N) is 1. The van der Waals surface area contributed by atoms with Crippen molar-refractivity contribution >= 4 is 15.7 Å². The van der Waals surface area contributed by atoms with Gasteiger partial charge in [0.05, 0.1) is 4.90 Å². The summed E-state index contributed by atoms with van der Waals surface area (Å²) >= 11 is 0. The Morgan fingerprint density at radius 2 is 1.52 bits per heavy atom. The summed E-state index contributed by atoms with van der Waals surface area (Å²) in [5.41, 5.74) is 3.54. The van der Waals surface area contributed by atoms with E-state index in [0.717, 1.165) is 30.6 Å². The lowest BCUT2D eigenvalue weighted by Crippen LogP contribution is -2.26. The molecule has 0 aliphatic carbocycles. The van der Waals surface area contributed by atoms with E-state index in [1.54, 1.807) is 12.1 Å². The van der Waals surface area contributed by atoms with Crippen LogP contribution in [0.25, 0.3) is 0 Å². The molecule has 1 saturated heterocycles. The normalized spacial score (nSPS) is 14.8. The van der Waals surface area contributed by atoms with E-state index in [1.165, 1.54) is 18.5 Å². The highest BCUT2D eigenvalue weighted by molar-refractivity contribution is 7.89. The molecule has 0 saturated carbocycles. The van der Waals surface area contributed by atoms with Crippen molar-refractivity contribution in [1.29, 1.82) is 0 Å². The minimum atomic E-state index is -3.43. The van der Waals surface area contributed by atoms with Crippen LogP contribution in [-0.4, -0.2) is 28.1 Å². The lowest BCUT2D eigenvalue weighted by atomic mass is 10.1. The monoisotopic (exact) mass is 358 g/mol. The van der Waals surface area contributed by atoms with Crippen LogP contribution in [0.2, 0.25) is 0 Å². The van der Waals surface area contributed by atoms with Crippen LogP contribution in [0, 0.1) is 0 Å². The van der Waals surface area contributed by atoms with Crippen molar-refractivity contribution in [3.63, 3.8) is 0 Å². The molecule has 0 spiro atoms. The lowest BCUT2D eigenvalue weighted by molar-refractivity contribution is 0.581. The zero-order valence-corrected chi connectivity index (χ0v) is 15.6. The molecule has 25 heavy (non-hydrogen) atoms. The summed E-state index contributed by atoms with van der Waals surface area (Å²) in [5.74, 6) is 0. The first kappa shape index (κ1) is 18.0. The van der Waals surface area contributed by atoms with Gasteiger partial charge in [0.25, 0.3) is 0 Å². The number of benzene rings is 2. The Labute approximate surface area is 150 Å². The minimum Gasteiger partial charge on any atom is -0.372 e. The summed E-state index contributed by atoms with van der Waals surface area (Å²) in [6.07, 6.45) is 4.12. The van der Waals surface area contributed by atoms with Crippen LogP contribution in [0.3, 0.4) is 0 Å². The molecule has 1 aliphatic heterocycles. The fraction of sp³-hybridized carbons (Fsp3) is 0.400. The van der Waals surface area contributed by atoms with Gasteiger partial charge in [-0.05, 0) is 61.1 Å². The lowest BCUT2D eigenvalue weighted by Gasteiger charge is -2.17. The SMILES string of the molecule is CCc1ccc(S(=O)(=O)NCCc2ccc(N3CCCC3)cc2)cc1. The molecule has 0 radical (unpaired) electrons. The van der Waals surface area contributed by atoms with Crippen molar-refractivity contribution in [3.05, 3.63) is 59.7 Å². The quantitative estimate of drug-likeness (QED) is 0.825. The molecule has 5 heteroatoms. The van der Waals surface area contributed by atoms with Crippen molar-refractivity contribution in [1.82, 2.24) is 4.72 Å². The van der Waals surface area contributed by atoms with E-state index >= 15 is 0 Å². The van der Waals surface area contributed by atoms with Gasteiger partial charge in [0.15, 0.2) is 0 Å². The molecule has 4 nitrogen and oxygen atoms in total. The summed E-state index contributed by atoms with van der Waals surface area (Å²) in [7, 11) is -3.43. The van der Waals surface area contributed by atoms with Crippen molar-refractivity contribution in [2.24, 2.45) is 0 Å². The number of anilines is 1. The highest BCUT2D eigenvalue weighted by Gasteiger charge is 2.14. The fourth-order valence-electron chi connectivity index (χ4n) is 3.17. The third-order valence-corrected chi connectivity index (χ3v) is 6.23. The second kappa shape index (κ2) is 8.02. The Kier molecular flexibility index (Phi) is 5.76. The Hall–Kier alpha value is -1.85. The highest BCUT2D eigenvalue weighted by Crippen LogP contribution is 2.20. The van der Waals surface area contributed by atoms with E-state index in [0.29, 0.717) is 17.9 Å². The number of rotatable bonds is 7. The second-order valence-electron chi connectivity index (χ2n) is 6.51. The Balaban J connectivity index is 1.54. The smallest absolute Gasteiger partial charge is 0.240 e. The summed E-state index contributed by atoms with van der Waals surface area (Å²) < 4.78 is 27.4. The summed E-state index contributed by atoms with van der Waals surface area (Å²) in [5, 5.41) is 0. The minimum absolute atomic E-state index is 0.328. The highest BCUT2D eigenvalue weighted by atomic mass is 32.2. The largest absolute Gasteiger partial charge is 0.372 e. The van der Waals surface area contributed by atoms with Crippen LogP contribution >= 0.6 is 0 Å². The molecule has 0 aromatic heterocycles. The van der Waals surface area contributed by atoms with E-state index in [-0.39, 0.29) is 0 Å². The van der Waals surface area contributed by atoms with Gasteiger partial charge in [0, 0.05) is 25.3 Å². The van der Waals surface area contributed by atoms with Gasteiger partial charge in [-0.2, -0.15) is 0 Å². The van der Waals surface area contributed by atoms with Crippen molar-refractivity contribution in [2.75, 3.05) is 24.5 Å². The number of sulfonamides is 1. The molecule has 2 aromatic rings. The van der Waals surface area contributed by atoms with Gasteiger partial charge in [-0.1, -0.05) is 31.2 Å². The molecule has 0 unspecified atom stereocenters. The van der Waals surface area contributed by atoms with Crippen LogP contribution in [0.1, 0.15) is 30.9 Å². The number of hydrogen-bond acceptors (Lipinski definition) is 3. The first-order valence-electron chi connectivity index (χ1n) is 9.01. The summed E-state index contributed by atoms with van der Waals surface area (Å²) in [6, 6.07) is 15.5. The summed E-state index contributed by atoms with van der Waals surface area (Å²) in [6.45, 7) is 4.73. The zero-order valence-electron chi connectivity index (χ0n) is 14.7. The van der Waals surface area contributed by atoms with Gasteiger partial charge in [0.1, 0.15) is 0 Å². The van der Waals surface area contributed by atoms with Crippen LogP contribution in [0.15, 0.2) is 53.4 Å². The Bertz CT molecular complexity index is 777. The van der Waals surface area contributed by atoms with Crippen molar-refractivity contribution < 1.29 is 8.42 Å². The Morgan fingerprint density at radius 1 is 0.920 bits per heavy atom. The van der Waals surface area contributed by atoms with Gasteiger partial charge in [-0.3, -0.25) is 0 Å². The molecule has 1 fully saturated rings. The molecule has 1 N–H and O–H groups in total. The Morgan fingerprint density at radius 3 is 2.12 bits per heavy atom.